The predicted molar refractivity (Wildman–Crippen MR) is 105 cm³/mol. The predicted octanol–water partition coefficient (Wildman–Crippen LogP) is 5.16. The fourth-order valence-electron chi connectivity index (χ4n) is 2.76. The third-order valence-electron chi connectivity index (χ3n) is 4.36. The van der Waals surface area contributed by atoms with E-state index in [1.807, 2.05) is 42.5 Å². The molecular formula is C22H20N4O. The van der Waals surface area contributed by atoms with Crippen LogP contribution in [0.15, 0.2) is 71.4 Å². The number of nitrogens with zero attached hydrogens (tertiary/aromatic N) is 4. The number of hydrogen-bond acceptors (Lipinski definition) is 5. The van der Waals surface area contributed by atoms with Crippen LogP contribution in [0.25, 0.3) is 34.3 Å². The van der Waals surface area contributed by atoms with E-state index >= 15 is 0 Å². The quantitative estimate of drug-likeness (QED) is 0.507. The first kappa shape index (κ1) is 17.1. The van der Waals surface area contributed by atoms with E-state index in [4.69, 9.17) is 4.42 Å². The maximum absolute atomic E-state index is 5.85. The van der Waals surface area contributed by atoms with Gasteiger partial charge in [0.1, 0.15) is 0 Å². The Morgan fingerprint density at radius 1 is 0.704 bits per heavy atom. The molecule has 0 fully saturated rings. The van der Waals surface area contributed by atoms with E-state index in [1.54, 1.807) is 12.4 Å². The van der Waals surface area contributed by atoms with Crippen molar-refractivity contribution in [2.24, 2.45) is 0 Å². The Labute approximate surface area is 158 Å². The molecule has 0 amide bonds. The van der Waals surface area contributed by atoms with Crippen LogP contribution in [0.5, 0.6) is 0 Å². The van der Waals surface area contributed by atoms with Crippen LogP contribution in [0, 0.1) is 0 Å². The van der Waals surface area contributed by atoms with E-state index in [0.29, 0.717) is 11.8 Å². The molecule has 5 heteroatoms. The van der Waals surface area contributed by atoms with Crippen LogP contribution in [0.4, 0.5) is 0 Å². The number of hydrogen-bond donors (Lipinski definition) is 0. The number of benzene rings is 1. The van der Waals surface area contributed by atoms with Crippen LogP contribution in [0.1, 0.15) is 26.3 Å². The Bertz CT molecular complexity index is 1030. The summed E-state index contributed by atoms with van der Waals surface area (Å²) in [7, 11) is 0. The molecule has 27 heavy (non-hydrogen) atoms. The van der Waals surface area contributed by atoms with E-state index in [1.165, 1.54) is 5.56 Å². The molecule has 0 aliphatic rings. The Morgan fingerprint density at radius 2 is 1.37 bits per heavy atom. The van der Waals surface area contributed by atoms with Crippen molar-refractivity contribution in [3.8, 4) is 34.3 Å². The second-order valence-electron chi connectivity index (χ2n) is 7.39. The molecule has 1 aromatic carbocycles. The van der Waals surface area contributed by atoms with Gasteiger partial charge in [-0.05, 0) is 47.4 Å². The topological polar surface area (TPSA) is 64.7 Å². The molecule has 134 valence electrons. The highest BCUT2D eigenvalue weighted by atomic mass is 16.4. The first-order valence-corrected chi connectivity index (χ1v) is 8.83. The molecule has 0 atom stereocenters. The van der Waals surface area contributed by atoms with Crippen molar-refractivity contribution < 1.29 is 4.42 Å². The van der Waals surface area contributed by atoms with Crippen LogP contribution in [-0.2, 0) is 5.41 Å². The lowest BCUT2D eigenvalue weighted by Gasteiger charge is -2.18. The lowest BCUT2D eigenvalue weighted by Crippen LogP contribution is -2.10. The molecule has 0 radical (unpaired) electrons. The van der Waals surface area contributed by atoms with Crippen molar-refractivity contribution in [3.63, 3.8) is 0 Å². The number of aromatic nitrogens is 4. The fraction of sp³-hybridized carbons (Fsp3) is 0.182. The van der Waals surface area contributed by atoms with Gasteiger partial charge in [-0.25, -0.2) is 0 Å². The van der Waals surface area contributed by atoms with Crippen LogP contribution in [0.2, 0.25) is 0 Å². The van der Waals surface area contributed by atoms with Gasteiger partial charge < -0.3 is 4.42 Å². The van der Waals surface area contributed by atoms with Crippen LogP contribution < -0.4 is 0 Å². The minimum absolute atomic E-state index is 0.111. The van der Waals surface area contributed by atoms with Gasteiger partial charge in [0.05, 0.1) is 17.0 Å². The molecule has 0 N–H and O–H groups in total. The van der Waals surface area contributed by atoms with E-state index in [-0.39, 0.29) is 5.41 Å². The lowest BCUT2D eigenvalue weighted by atomic mass is 9.87. The third kappa shape index (κ3) is 3.62. The maximum Gasteiger partial charge on any atom is 0.249 e. The summed E-state index contributed by atoms with van der Waals surface area (Å²) in [6.45, 7) is 6.57. The molecule has 3 heterocycles. The van der Waals surface area contributed by atoms with Gasteiger partial charge in [-0.15, -0.1) is 10.2 Å². The average molecular weight is 356 g/mol. The normalized spacial score (nSPS) is 11.5. The highest BCUT2D eigenvalue weighted by Crippen LogP contribution is 2.27. The summed E-state index contributed by atoms with van der Waals surface area (Å²) in [4.78, 5) is 8.76. The van der Waals surface area contributed by atoms with Crippen molar-refractivity contribution in [2.45, 2.75) is 26.2 Å². The summed E-state index contributed by atoms with van der Waals surface area (Å²) in [5.41, 5.74) is 4.69. The maximum atomic E-state index is 5.85. The fourth-order valence-corrected chi connectivity index (χ4v) is 2.76. The second kappa shape index (κ2) is 6.76. The first-order valence-electron chi connectivity index (χ1n) is 8.83. The van der Waals surface area contributed by atoms with Gasteiger partial charge in [-0.3, -0.25) is 9.97 Å². The molecular weight excluding hydrogens is 336 g/mol. The largest absolute Gasteiger partial charge is 0.416 e. The van der Waals surface area contributed by atoms with Crippen LogP contribution in [-0.4, -0.2) is 20.2 Å². The smallest absolute Gasteiger partial charge is 0.249 e. The average Bonchev–Trinajstić information content (AvgIpc) is 3.18. The lowest BCUT2D eigenvalue weighted by molar-refractivity contribution is 0.581. The summed E-state index contributed by atoms with van der Waals surface area (Å²) < 4.78 is 5.85. The zero-order chi connectivity index (χ0) is 18.9. The van der Waals surface area contributed by atoms with E-state index in [9.17, 15) is 0 Å². The van der Waals surface area contributed by atoms with E-state index < -0.39 is 0 Å². The summed E-state index contributed by atoms with van der Waals surface area (Å²) >= 11 is 0. The Balaban J connectivity index is 1.57. The summed E-state index contributed by atoms with van der Waals surface area (Å²) in [6, 6.07) is 17.8. The van der Waals surface area contributed by atoms with Gasteiger partial charge in [0.2, 0.25) is 11.8 Å². The highest BCUT2D eigenvalue weighted by molar-refractivity contribution is 5.61. The molecule has 0 bridgehead atoms. The molecule has 0 unspecified atom stereocenters. The van der Waals surface area contributed by atoms with Gasteiger partial charge in [-0.2, -0.15) is 0 Å². The molecule has 0 spiro atoms. The molecule has 0 saturated carbocycles. The highest BCUT2D eigenvalue weighted by Gasteiger charge is 2.15. The Kier molecular flexibility index (Phi) is 4.28. The minimum atomic E-state index is 0.111. The standard InChI is InChI=1S/C22H20N4O/c1-22(2,3)17-10-7-15(8-11-17)20-25-26-21(27-20)16-9-12-19(24-14-16)18-6-4-5-13-23-18/h4-14H,1-3H3. The van der Waals surface area contributed by atoms with Crippen molar-refractivity contribution >= 4 is 0 Å². The van der Waals surface area contributed by atoms with Crippen molar-refractivity contribution in [3.05, 3.63) is 72.6 Å². The van der Waals surface area contributed by atoms with Crippen LogP contribution in [0.3, 0.4) is 0 Å². The van der Waals surface area contributed by atoms with E-state index in [2.05, 4.69) is 53.1 Å². The Hall–Kier alpha value is -3.34. The number of rotatable bonds is 3. The van der Waals surface area contributed by atoms with Gasteiger partial charge in [0.25, 0.3) is 0 Å². The van der Waals surface area contributed by atoms with Crippen molar-refractivity contribution in [1.82, 2.24) is 20.2 Å². The van der Waals surface area contributed by atoms with Crippen molar-refractivity contribution in [1.29, 1.82) is 0 Å². The van der Waals surface area contributed by atoms with Gasteiger partial charge in [0, 0.05) is 18.0 Å². The zero-order valence-corrected chi connectivity index (χ0v) is 15.5. The van der Waals surface area contributed by atoms with Gasteiger partial charge in [-0.1, -0.05) is 39.0 Å². The first-order chi connectivity index (χ1) is 13.0. The summed E-state index contributed by atoms with van der Waals surface area (Å²) in [5, 5.41) is 8.34. The third-order valence-corrected chi connectivity index (χ3v) is 4.36. The molecule has 4 rings (SSSR count). The monoisotopic (exact) mass is 356 g/mol. The van der Waals surface area contributed by atoms with Crippen molar-refractivity contribution in [2.75, 3.05) is 0 Å². The molecule has 5 nitrogen and oxygen atoms in total. The number of pyridine rings is 2. The van der Waals surface area contributed by atoms with Crippen LogP contribution >= 0.6 is 0 Å². The Morgan fingerprint density at radius 3 is 1.96 bits per heavy atom. The minimum Gasteiger partial charge on any atom is -0.416 e. The molecule has 4 aromatic rings. The molecule has 0 aliphatic heterocycles. The molecule has 0 saturated heterocycles. The summed E-state index contributed by atoms with van der Waals surface area (Å²) in [6.07, 6.45) is 3.48. The SMILES string of the molecule is CC(C)(C)c1ccc(-c2nnc(-c3ccc(-c4ccccn4)nc3)o2)cc1. The van der Waals surface area contributed by atoms with Gasteiger partial charge >= 0.3 is 0 Å². The molecule has 0 aliphatic carbocycles. The van der Waals surface area contributed by atoms with E-state index in [0.717, 1.165) is 22.5 Å². The zero-order valence-electron chi connectivity index (χ0n) is 15.5. The van der Waals surface area contributed by atoms with Gasteiger partial charge in [0.15, 0.2) is 0 Å². The molecule has 3 aromatic heterocycles. The summed E-state index contributed by atoms with van der Waals surface area (Å²) in [5.74, 6) is 0.948. The second-order valence-corrected chi connectivity index (χ2v) is 7.39.